The molecule has 0 radical (unpaired) electrons. The maximum absolute atomic E-state index is 13.1. The molecule has 0 aliphatic heterocycles. The van der Waals surface area contributed by atoms with Crippen molar-refractivity contribution >= 4 is 17.9 Å². The van der Waals surface area contributed by atoms with Gasteiger partial charge < -0.3 is 25.4 Å². The molecule has 1 atom stereocenters. The molecule has 0 spiro atoms. The predicted octanol–water partition coefficient (Wildman–Crippen LogP) is 7.04. The van der Waals surface area contributed by atoms with Crippen LogP contribution in [0.25, 0.3) is 0 Å². The van der Waals surface area contributed by atoms with Crippen LogP contribution in [0.3, 0.4) is 0 Å². The van der Waals surface area contributed by atoms with Crippen molar-refractivity contribution in [2.75, 3.05) is 6.54 Å². The first-order valence-electron chi connectivity index (χ1n) is 16.9. The van der Waals surface area contributed by atoms with Gasteiger partial charge in [-0.05, 0) is 74.6 Å². The molecule has 3 amide bonds. The van der Waals surface area contributed by atoms with E-state index in [0.29, 0.717) is 32.5 Å². The molecular formula is C38H52N4O5. The number of hydrogen-bond donors (Lipinski definition) is 3. The summed E-state index contributed by atoms with van der Waals surface area (Å²) in [5.41, 5.74) is 2.37. The van der Waals surface area contributed by atoms with Crippen molar-refractivity contribution in [3.05, 3.63) is 95.8 Å². The van der Waals surface area contributed by atoms with Gasteiger partial charge in [0.25, 0.3) is 0 Å². The molecule has 47 heavy (non-hydrogen) atoms. The number of pyridine rings is 1. The van der Waals surface area contributed by atoms with Crippen LogP contribution in [0.5, 0.6) is 5.75 Å². The Balaban J connectivity index is 1.31. The van der Waals surface area contributed by atoms with Gasteiger partial charge in [-0.3, -0.25) is 14.6 Å². The van der Waals surface area contributed by atoms with E-state index >= 15 is 0 Å². The van der Waals surface area contributed by atoms with E-state index in [1.165, 1.54) is 0 Å². The highest BCUT2D eigenvalue weighted by atomic mass is 16.6. The molecule has 0 saturated carbocycles. The minimum atomic E-state index is -0.765. The monoisotopic (exact) mass is 644 g/mol. The first-order valence-corrected chi connectivity index (χ1v) is 16.9. The highest BCUT2D eigenvalue weighted by Gasteiger charge is 2.24. The number of nitrogens with zero attached hydrogens (tertiary/aromatic N) is 1. The largest absolute Gasteiger partial charge is 0.489 e. The Morgan fingerprint density at radius 1 is 0.723 bits per heavy atom. The standard InChI is InChI=1S/C38H52N4O5/c1-38(2,3)47-37(45)42-34(27-30-18-20-33(21-19-30)46-29-32-15-11-10-12-16-32)36(44)40-24-14-9-7-5-4-6-8-13-17-35(43)41-28-31-22-25-39-26-23-31/h10-12,15-16,18-23,25-26,34H,4-9,13-14,17,24,27-29H2,1-3H3,(H,40,44)(H,41,43)(H,42,45)/t34-/m0/s1. The van der Waals surface area contributed by atoms with E-state index in [1.807, 2.05) is 66.7 Å². The third kappa shape index (κ3) is 16.6. The Morgan fingerprint density at radius 3 is 2.02 bits per heavy atom. The molecule has 1 heterocycles. The number of aromatic nitrogens is 1. The van der Waals surface area contributed by atoms with Gasteiger partial charge in [-0.1, -0.05) is 81.0 Å². The molecule has 9 heteroatoms. The van der Waals surface area contributed by atoms with Crippen molar-refractivity contribution in [1.29, 1.82) is 0 Å². The zero-order valence-electron chi connectivity index (χ0n) is 28.3. The van der Waals surface area contributed by atoms with E-state index in [4.69, 9.17) is 9.47 Å². The Hall–Kier alpha value is -4.40. The maximum atomic E-state index is 13.1. The number of rotatable bonds is 20. The Labute approximate surface area is 280 Å². The summed E-state index contributed by atoms with van der Waals surface area (Å²) in [6, 6.07) is 20.6. The topological polar surface area (TPSA) is 119 Å². The molecule has 0 unspecified atom stereocenters. The fourth-order valence-electron chi connectivity index (χ4n) is 4.95. The minimum Gasteiger partial charge on any atom is -0.489 e. The van der Waals surface area contributed by atoms with Crippen LogP contribution < -0.4 is 20.7 Å². The maximum Gasteiger partial charge on any atom is 0.408 e. The normalized spacial score (nSPS) is 11.7. The van der Waals surface area contributed by atoms with Gasteiger partial charge in [-0.15, -0.1) is 0 Å². The number of hydrogen-bond acceptors (Lipinski definition) is 6. The number of benzene rings is 2. The fourth-order valence-corrected chi connectivity index (χ4v) is 4.95. The molecule has 3 N–H and O–H groups in total. The van der Waals surface area contributed by atoms with Gasteiger partial charge in [0.05, 0.1) is 0 Å². The second-order valence-electron chi connectivity index (χ2n) is 12.8. The smallest absolute Gasteiger partial charge is 0.408 e. The van der Waals surface area contributed by atoms with Gasteiger partial charge in [0.15, 0.2) is 0 Å². The third-order valence-electron chi connectivity index (χ3n) is 7.49. The van der Waals surface area contributed by atoms with E-state index in [2.05, 4.69) is 20.9 Å². The fraction of sp³-hybridized carbons (Fsp3) is 0.474. The van der Waals surface area contributed by atoms with Gasteiger partial charge in [0.2, 0.25) is 11.8 Å². The summed E-state index contributed by atoms with van der Waals surface area (Å²) in [6.45, 7) is 6.94. The van der Waals surface area contributed by atoms with Gasteiger partial charge in [0.1, 0.15) is 24.0 Å². The van der Waals surface area contributed by atoms with E-state index in [9.17, 15) is 14.4 Å². The van der Waals surface area contributed by atoms with E-state index in [-0.39, 0.29) is 11.8 Å². The van der Waals surface area contributed by atoms with Crippen molar-refractivity contribution in [1.82, 2.24) is 20.9 Å². The minimum absolute atomic E-state index is 0.0921. The lowest BCUT2D eigenvalue weighted by Gasteiger charge is -2.23. The predicted molar refractivity (Wildman–Crippen MR) is 185 cm³/mol. The SMILES string of the molecule is CC(C)(C)OC(=O)N[C@@H](Cc1ccc(OCc2ccccc2)cc1)C(=O)NCCCCCCCCCCC(=O)NCc1ccncc1. The van der Waals surface area contributed by atoms with Crippen LogP contribution >= 0.6 is 0 Å². The summed E-state index contributed by atoms with van der Waals surface area (Å²) in [5.74, 6) is 0.596. The van der Waals surface area contributed by atoms with Crippen molar-refractivity contribution in [3.8, 4) is 5.75 Å². The molecule has 0 fully saturated rings. The third-order valence-corrected chi connectivity index (χ3v) is 7.49. The number of carbonyl (C=O) groups is 3. The lowest BCUT2D eigenvalue weighted by molar-refractivity contribution is -0.123. The average Bonchev–Trinajstić information content (AvgIpc) is 3.05. The molecule has 0 saturated heterocycles. The summed E-state index contributed by atoms with van der Waals surface area (Å²) in [6.07, 6.45) is 12.1. The van der Waals surface area contributed by atoms with E-state index in [1.54, 1.807) is 33.2 Å². The van der Waals surface area contributed by atoms with Crippen LogP contribution in [0.15, 0.2) is 79.1 Å². The highest BCUT2D eigenvalue weighted by Crippen LogP contribution is 2.16. The molecule has 254 valence electrons. The summed E-state index contributed by atoms with van der Waals surface area (Å²) in [7, 11) is 0. The van der Waals surface area contributed by atoms with Crippen LogP contribution in [0.4, 0.5) is 4.79 Å². The van der Waals surface area contributed by atoms with Crippen molar-refractivity contribution < 1.29 is 23.9 Å². The molecular weight excluding hydrogens is 592 g/mol. The van der Waals surface area contributed by atoms with Crippen LogP contribution in [0, 0.1) is 0 Å². The van der Waals surface area contributed by atoms with Gasteiger partial charge >= 0.3 is 6.09 Å². The molecule has 2 aromatic carbocycles. The van der Waals surface area contributed by atoms with Crippen molar-refractivity contribution in [3.63, 3.8) is 0 Å². The van der Waals surface area contributed by atoms with E-state index in [0.717, 1.165) is 73.8 Å². The van der Waals surface area contributed by atoms with Crippen molar-refractivity contribution in [2.24, 2.45) is 0 Å². The van der Waals surface area contributed by atoms with Crippen LogP contribution in [-0.4, -0.2) is 41.1 Å². The molecule has 1 aromatic heterocycles. The quantitative estimate of drug-likeness (QED) is 0.114. The Bertz CT molecular complexity index is 1330. The van der Waals surface area contributed by atoms with Crippen LogP contribution in [0.1, 0.15) is 95.2 Å². The number of ether oxygens (including phenoxy) is 2. The summed E-state index contributed by atoms with van der Waals surface area (Å²) in [5, 5.41) is 8.71. The number of unbranched alkanes of at least 4 members (excludes halogenated alkanes) is 7. The van der Waals surface area contributed by atoms with Crippen LogP contribution in [0.2, 0.25) is 0 Å². The summed E-state index contributed by atoms with van der Waals surface area (Å²) >= 11 is 0. The van der Waals surface area contributed by atoms with Gasteiger partial charge in [-0.2, -0.15) is 0 Å². The molecule has 3 aromatic rings. The molecule has 9 nitrogen and oxygen atoms in total. The first-order chi connectivity index (χ1) is 22.7. The lowest BCUT2D eigenvalue weighted by Crippen LogP contribution is -2.49. The second-order valence-corrected chi connectivity index (χ2v) is 12.8. The first kappa shape index (κ1) is 37.1. The molecule has 3 rings (SSSR count). The summed E-state index contributed by atoms with van der Waals surface area (Å²) in [4.78, 5) is 41.7. The zero-order chi connectivity index (χ0) is 33.7. The zero-order valence-corrected chi connectivity index (χ0v) is 28.3. The number of alkyl carbamates (subject to hydrolysis) is 1. The van der Waals surface area contributed by atoms with Crippen LogP contribution in [-0.2, 0) is 33.9 Å². The van der Waals surface area contributed by atoms with Crippen molar-refractivity contribution in [2.45, 2.75) is 110 Å². The van der Waals surface area contributed by atoms with E-state index < -0.39 is 17.7 Å². The van der Waals surface area contributed by atoms with Gasteiger partial charge in [-0.25, -0.2) is 4.79 Å². The number of carbonyl (C=O) groups excluding carboxylic acids is 3. The highest BCUT2D eigenvalue weighted by molar-refractivity contribution is 5.86. The molecule has 0 aliphatic carbocycles. The lowest BCUT2D eigenvalue weighted by atomic mass is 10.0. The molecule has 0 bridgehead atoms. The molecule has 0 aliphatic rings. The Kier molecular flexibility index (Phi) is 16.3. The average molecular weight is 645 g/mol. The number of nitrogens with one attached hydrogen (secondary N) is 3. The second kappa shape index (κ2) is 20.7. The number of amides is 3. The van der Waals surface area contributed by atoms with Gasteiger partial charge in [0, 0.05) is 38.3 Å². The Morgan fingerprint density at radius 2 is 1.36 bits per heavy atom. The summed E-state index contributed by atoms with van der Waals surface area (Å²) < 4.78 is 11.3.